The summed E-state index contributed by atoms with van der Waals surface area (Å²) in [4.78, 5) is 44.3. The molecule has 0 bridgehead atoms. The predicted octanol–water partition coefficient (Wildman–Crippen LogP) is 3.79. The summed E-state index contributed by atoms with van der Waals surface area (Å²) in [7, 11) is 1.66. The van der Waals surface area contributed by atoms with E-state index in [9.17, 15) is 14.4 Å². The van der Waals surface area contributed by atoms with Gasteiger partial charge >= 0.3 is 12.0 Å². The number of likely N-dealkylation sites (N-methyl/N-ethyl adjacent to an activating group) is 1. The van der Waals surface area contributed by atoms with Gasteiger partial charge in [0.15, 0.2) is 0 Å². The zero-order valence-electron chi connectivity index (χ0n) is 22.5. The van der Waals surface area contributed by atoms with Crippen molar-refractivity contribution in [3.05, 3.63) is 71.4 Å². The molecule has 1 N–H and O–H groups in total. The molecule has 2 aliphatic rings. The summed E-state index contributed by atoms with van der Waals surface area (Å²) < 4.78 is 11.5. The van der Waals surface area contributed by atoms with E-state index in [1.165, 1.54) is 4.90 Å². The number of carbonyl (C=O) groups excluding carboxylic acids is 3. The van der Waals surface area contributed by atoms with Crippen LogP contribution < -0.4 is 10.1 Å². The topological polar surface area (TPSA) is 91.4 Å². The Labute approximate surface area is 224 Å². The number of nitrogens with one attached hydrogen (secondary N) is 1. The number of para-hydroxylation sites is 1. The first-order valence-corrected chi connectivity index (χ1v) is 13.1. The van der Waals surface area contributed by atoms with E-state index < -0.39 is 12.0 Å². The molecule has 1 fully saturated rings. The number of hydrogen-bond donors (Lipinski definition) is 1. The summed E-state index contributed by atoms with van der Waals surface area (Å²) in [6.07, 6.45) is 0. The van der Waals surface area contributed by atoms with E-state index in [0.717, 1.165) is 0 Å². The van der Waals surface area contributed by atoms with Crippen molar-refractivity contribution in [3.8, 4) is 11.5 Å². The predicted molar refractivity (Wildman–Crippen MR) is 144 cm³/mol. The quantitative estimate of drug-likeness (QED) is 0.533. The van der Waals surface area contributed by atoms with Gasteiger partial charge in [0.2, 0.25) is 5.91 Å². The van der Waals surface area contributed by atoms with Crippen LogP contribution >= 0.6 is 0 Å². The van der Waals surface area contributed by atoms with Crippen LogP contribution in [0.5, 0.6) is 11.5 Å². The standard InChI is InChI=1S/C29H36N4O5/c1-5-37-28(35)25-24(19-32-14-16-33(17-15-32)27(34)20(2)3)31(4)29(36)30-26(25)21-10-9-13-23(18-21)38-22-11-7-6-8-12-22/h6-13,18,20,26H,5,14-17,19H2,1-4H3,(H,30,36)/t26-/m0/s1. The monoisotopic (exact) mass is 520 g/mol. The number of benzene rings is 2. The Bertz CT molecular complexity index is 1190. The Morgan fingerprint density at radius 3 is 2.34 bits per heavy atom. The molecule has 2 heterocycles. The number of rotatable bonds is 8. The van der Waals surface area contributed by atoms with Crippen LogP contribution in [0.3, 0.4) is 0 Å². The number of hydrogen-bond acceptors (Lipinski definition) is 6. The molecule has 0 saturated carbocycles. The van der Waals surface area contributed by atoms with Gasteiger partial charge in [-0.3, -0.25) is 14.6 Å². The Balaban J connectivity index is 1.63. The van der Waals surface area contributed by atoms with Gasteiger partial charge in [0.05, 0.1) is 18.2 Å². The van der Waals surface area contributed by atoms with E-state index in [1.807, 2.05) is 73.3 Å². The Morgan fingerprint density at radius 2 is 1.68 bits per heavy atom. The van der Waals surface area contributed by atoms with Crippen LogP contribution in [0.25, 0.3) is 0 Å². The number of urea groups is 1. The maximum atomic E-state index is 13.3. The van der Waals surface area contributed by atoms with E-state index in [0.29, 0.717) is 61.1 Å². The minimum atomic E-state index is -0.698. The average Bonchev–Trinajstić information content (AvgIpc) is 2.92. The number of amides is 3. The maximum absolute atomic E-state index is 13.3. The van der Waals surface area contributed by atoms with Crippen LogP contribution in [0.4, 0.5) is 4.79 Å². The van der Waals surface area contributed by atoms with Gasteiger partial charge in [-0.1, -0.05) is 44.2 Å². The highest BCUT2D eigenvalue weighted by Gasteiger charge is 2.38. The molecule has 9 heteroatoms. The van der Waals surface area contributed by atoms with Crippen molar-refractivity contribution in [2.75, 3.05) is 46.4 Å². The first kappa shape index (κ1) is 27.2. The highest BCUT2D eigenvalue weighted by molar-refractivity contribution is 5.95. The Morgan fingerprint density at radius 1 is 1.00 bits per heavy atom. The largest absolute Gasteiger partial charge is 0.463 e. The summed E-state index contributed by atoms with van der Waals surface area (Å²) in [6, 6.07) is 15.8. The molecule has 202 valence electrons. The minimum absolute atomic E-state index is 0.0461. The summed E-state index contributed by atoms with van der Waals surface area (Å²) in [5, 5.41) is 2.97. The van der Waals surface area contributed by atoms with Gasteiger partial charge in [-0.25, -0.2) is 9.59 Å². The fourth-order valence-corrected chi connectivity index (χ4v) is 4.73. The normalized spacial score (nSPS) is 18.4. The maximum Gasteiger partial charge on any atom is 0.338 e. The fourth-order valence-electron chi connectivity index (χ4n) is 4.73. The minimum Gasteiger partial charge on any atom is -0.463 e. The highest BCUT2D eigenvalue weighted by Crippen LogP contribution is 2.34. The third-order valence-electron chi connectivity index (χ3n) is 6.79. The molecule has 0 spiro atoms. The first-order chi connectivity index (χ1) is 18.3. The molecule has 38 heavy (non-hydrogen) atoms. The lowest BCUT2D eigenvalue weighted by atomic mass is 9.94. The van der Waals surface area contributed by atoms with Gasteiger partial charge in [-0.05, 0) is 36.8 Å². The second kappa shape index (κ2) is 12.1. The van der Waals surface area contributed by atoms with E-state index in [4.69, 9.17) is 9.47 Å². The molecule has 4 rings (SSSR count). The molecule has 0 aliphatic carbocycles. The smallest absolute Gasteiger partial charge is 0.338 e. The number of ether oxygens (including phenoxy) is 2. The van der Waals surface area contributed by atoms with Gasteiger partial charge in [0.25, 0.3) is 0 Å². The molecular weight excluding hydrogens is 484 g/mol. The molecule has 2 aromatic carbocycles. The van der Waals surface area contributed by atoms with Gasteiger partial charge in [0.1, 0.15) is 11.5 Å². The van der Waals surface area contributed by atoms with Gasteiger partial charge in [-0.2, -0.15) is 0 Å². The van der Waals surface area contributed by atoms with Gasteiger partial charge < -0.3 is 19.7 Å². The number of nitrogens with zero attached hydrogens (tertiary/aromatic N) is 3. The van der Waals surface area contributed by atoms with Crippen molar-refractivity contribution in [2.24, 2.45) is 5.92 Å². The highest BCUT2D eigenvalue weighted by atomic mass is 16.5. The van der Waals surface area contributed by atoms with E-state index in [2.05, 4.69) is 10.2 Å². The van der Waals surface area contributed by atoms with E-state index in [1.54, 1.807) is 14.0 Å². The molecule has 2 aromatic rings. The second-order valence-corrected chi connectivity index (χ2v) is 9.77. The Kier molecular flexibility index (Phi) is 8.68. The number of carbonyl (C=O) groups is 3. The zero-order chi connectivity index (χ0) is 27.2. The van der Waals surface area contributed by atoms with E-state index >= 15 is 0 Å². The second-order valence-electron chi connectivity index (χ2n) is 9.77. The molecule has 2 aliphatic heterocycles. The SMILES string of the molecule is CCOC(=O)C1=C(CN2CCN(C(=O)C(C)C)CC2)N(C)C(=O)N[C@H]1c1cccc(Oc2ccccc2)c1. The molecular formula is C29H36N4O5. The van der Waals surface area contributed by atoms with Gasteiger partial charge in [-0.15, -0.1) is 0 Å². The van der Waals surface area contributed by atoms with Crippen molar-refractivity contribution in [2.45, 2.75) is 26.8 Å². The summed E-state index contributed by atoms with van der Waals surface area (Å²) in [6.45, 7) is 8.69. The zero-order valence-corrected chi connectivity index (χ0v) is 22.5. The molecule has 1 atom stereocenters. The van der Waals surface area contributed by atoms with Crippen LogP contribution in [0.15, 0.2) is 65.9 Å². The van der Waals surface area contributed by atoms with Crippen molar-refractivity contribution in [1.82, 2.24) is 20.0 Å². The van der Waals surface area contributed by atoms with Crippen LogP contribution in [-0.2, 0) is 14.3 Å². The number of piperazine rings is 1. The molecule has 0 unspecified atom stereocenters. The molecule has 0 aromatic heterocycles. The molecule has 3 amide bonds. The van der Waals surface area contributed by atoms with Crippen LogP contribution in [0, 0.1) is 5.92 Å². The summed E-state index contributed by atoms with van der Waals surface area (Å²) >= 11 is 0. The lowest BCUT2D eigenvalue weighted by Gasteiger charge is -2.40. The first-order valence-electron chi connectivity index (χ1n) is 13.1. The molecule has 1 saturated heterocycles. The number of esters is 1. The van der Waals surface area contributed by atoms with Crippen molar-refractivity contribution >= 4 is 17.9 Å². The van der Waals surface area contributed by atoms with Crippen LogP contribution in [-0.4, -0.2) is 79.0 Å². The van der Waals surface area contributed by atoms with Crippen molar-refractivity contribution in [1.29, 1.82) is 0 Å². The van der Waals surface area contributed by atoms with Crippen LogP contribution in [0.2, 0.25) is 0 Å². The third-order valence-corrected chi connectivity index (χ3v) is 6.79. The lowest BCUT2D eigenvalue weighted by molar-refractivity contribution is -0.139. The van der Waals surface area contributed by atoms with Crippen molar-refractivity contribution in [3.63, 3.8) is 0 Å². The third kappa shape index (κ3) is 6.16. The van der Waals surface area contributed by atoms with Gasteiger partial charge in [0, 0.05) is 51.4 Å². The lowest BCUT2D eigenvalue weighted by Crippen LogP contribution is -2.53. The van der Waals surface area contributed by atoms with E-state index in [-0.39, 0.29) is 24.5 Å². The molecule has 9 nitrogen and oxygen atoms in total. The summed E-state index contributed by atoms with van der Waals surface area (Å²) in [5.41, 5.74) is 1.70. The summed E-state index contributed by atoms with van der Waals surface area (Å²) in [5.74, 6) is 0.909. The molecule has 0 radical (unpaired) electrons. The van der Waals surface area contributed by atoms with Crippen LogP contribution in [0.1, 0.15) is 32.4 Å². The fraction of sp³-hybridized carbons (Fsp3) is 0.414. The average molecular weight is 521 g/mol. The van der Waals surface area contributed by atoms with Crippen molar-refractivity contribution < 1.29 is 23.9 Å². The Hall–Kier alpha value is -3.85.